The lowest BCUT2D eigenvalue weighted by molar-refractivity contribution is 1.18. The maximum atomic E-state index is 9.90. The number of aromatic nitrogens is 2. The fraction of sp³-hybridized carbons (Fsp3) is 0. The lowest BCUT2D eigenvalue weighted by Crippen LogP contribution is -1.96. The van der Waals surface area contributed by atoms with Gasteiger partial charge in [-0.15, -0.1) is 0 Å². The van der Waals surface area contributed by atoms with Gasteiger partial charge in [-0.05, 0) is 93.5 Å². The molecule has 11 rings (SSSR count). The highest BCUT2D eigenvalue weighted by molar-refractivity contribution is 6.15. The van der Waals surface area contributed by atoms with Crippen molar-refractivity contribution in [1.82, 2.24) is 9.13 Å². The summed E-state index contributed by atoms with van der Waals surface area (Å²) in [7, 11) is 0. The van der Waals surface area contributed by atoms with Crippen molar-refractivity contribution in [2.24, 2.45) is 0 Å². The summed E-state index contributed by atoms with van der Waals surface area (Å²) in [6.45, 7) is 0. The van der Waals surface area contributed by atoms with Crippen molar-refractivity contribution in [1.29, 1.82) is 0 Å². The Hall–Kier alpha value is -7.42. The van der Waals surface area contributed by atoms with Crippen molar-refractivity contribution in [2.75, 3.05) is 0 Å². The largest absolute Gasteiger partial charge is 0.309 e. The predicted octanol–water partition coefficient (Wildman–Crippen LogP) is 14.5. The van der Waals surface area contributed by atoms with Crippen LogP contribution in [-0.4, -0.2) is 9.13 Å². The molecule has 0 radical (unpaired) electrons. The molecule has 0 aliphatic rings. The van der Waals surface area contributed by atoms with Crippen LogP contribution in [0.25, 0.3) is 99.5 Å². The summed E-state index contributed by atoms with van der Waals surface area (Å²) < 4.78 is 68.7. The molecule has 11 aromatic rings. The van der Waals surface area contributed by atoms with Crippen LogP contribution in [0.4, 0.5) is 0 Å². The smallest absolute Gasteiger partial charge is 0.0645 e. The second-order valence-electron chi connectivity index (χ2n) is 14.0. The fourth-order valence-electron chi connectivity index (χ4n) is 8.15. The number of nitrogens with zero attached hydrogens (tertiary/aromatic N) is 2. The zero-order chi connectivity index (χ0) is 43.1. The first-order valence-corrected chi connectivity index (χ1v) is 18.7. The Morgan fingerprint density at radius 1 is 0.321 bits per heavy atom. The second kappa shape index (κ2) is 13.2. The molecule has 262 valence electrons. The van der Waals surface area contributed by atoms with Gasteiger partial charge in [0.05, 0.1) is 31.7 Å². The topological polar surface area (TPSA) is 9.86 Å². The van der Waals surface area contributed by atoms with Gasteiger partial charge in [-0.1, -0.05) is 164 Å². The molecule has 2 heterocycles. The Morgan fingerprint density at radius 3 is 1.70 bits per heavy atom. The van der Waals surface area contributed by atoms with E-state index in [0.29, 0.717) is 11.3 Å². The first-order chi connectivity index (χ1) is 30.7. The molecule has 0 aliphatic carbocycles. The van der Waals surface area contributed by atoms with Crippen molar-refractivity contribution in [3.05, 3.63) is 218 Å². The standard InChI is InChI=1S/C54H36N2/c1-4-14-37(15-5-1)39-26-30-44(31-27-39)55-51-25-11-10-22-47(51)49-35-42(28-32-52(49)55)43-29-33-53-50(36-43)48-24-13-23-46(40-18-8-3-9-19-40)54(48)56(53)45-21-12-20-41(34-45)38-16-6-2-7-17-38/h1-36H/i10D,11D,22D,25D,28D,32D,35D. The molecule has 0 saturated heterocycles. The van der Waals surface area contributed by atoms with Crippen LogP contribution in [0, 0.1) is 0 Å². The number of hydrogen-bond acceptors (Lipinski definition) is 0. The van der Waals surface area contributed by atoms with Gasteiger partial charge in [0.25, 0.3) is 0 Å². The van der Waals surface area contributed by atoms with Gasteiger partial charge in [-0.25, -0.2) is 0 Å². The molecule has 0 amide bonds. The number of benzene rings is 9. The van der Waals surface area contributed by atoms with Gasteiger partial charge in [0.2, 0.25) is 0 Å². The third-order valence-electron chi connectivity index (χ3n) is 10.8. The Balaban J connectivity index is 1.18. The normalized spacial score (nSPS) is 13.3. The predicted molar refractivity (Wildman–Crippen MR) is 237 cm³/mol. The molecule has 0 saturated carbocycles. The summed E-state index contributed by atoms with van der Waals surface area (Å²) in [4.78, 5) is 0. The first kappa shape index (κ1) is 25.6. The quantitative estimate of drug-likeness (QED) is 0.162. The summed E-state index contributed by atoms with van der Waals surface area (Å²) >= 11 is 0. The molecule has 0 atom stereocenters. The third kappa shape index (κ3) is 5.26. The first-order valence-electron chi connectivity index (χ1n) is 22.2. The highest BCUT2D eigenvalue weighted by Gasteiger charge is 2.19. The molecule has 0 aliphatic heterocycles. The van der Waals surface area contributed by atoms with Crippen LogP contribution in [0.2, 0.25) is 0 Å². The average molecular weight is 720 g/mol. The van der Waals surface area contributed by atoms with Crippen molar-refractivity contribution in [3.63, 3.8) is 0 Å². The van der Waals surface area contributed by atoms with Gasteiger partial charge in [0.15, 0.2) is 0 Å². The van der Waals surface area contributed by atoms with Crippen molar-refractivity contribution in [2.45, 2.75) is 0 Å². The number of para-hydroxylation sites is 2. The monoisotopic (exact) mass is 719 g/mol. The van der Waals surface area contributed by atoms with E-state index in [4.69, 9.17) is 4.11 Å². The lowest BCUT2D eigenvalue weighted by Gasteiger charge is -2.13. The van der Waals surface area contributed by atoms with E-state index in [1.165, 1.54) is 0 Å². The van der Waals surface area contributed by atoms with E-state index >= 15 is 0 Å². The highest BCUT2D eigenvalue weighted by Crippen LogP contribution is 2.41. The summed E-state index contributed by atoms with van der Waals surface area (Å²) in [5.74, 6) is 0. The maximum Gasteiger partial charge on any atom is 0.0645 e. The van der Waals surface area contributed by atoms with E-state index in [1.54, 1.807) is 4.57 Å². The zero-order valence-corrected chi connectivity index (χ0v) is 30.1. The summed E-state index contributed by atoms with van der Waals surface area (Å²) in [6, 6.07) is 56.9. The Bertz CT molecular complexity index is 3620. The lowest BCUT2D eigenvalue weighted by atomic mass is 9.99. The van der Waals surface area contributed by atoms with E-state index in [-0.39, 0.29) is 57.6 Å². The molecule has 2 nitrogen and oxygen atoms in total. The van der Waals surface area contributed by atoms with Gasteiger partial charge in [-0.2, -0.15) is 0 Å². The zero-order valence-electron chi connectivity index (χ0n) is 37.1. The third-order valence-corrected chi connectivity index (χ3v) is 10.8. The van der Waals surface area contributed by atoms with Crippen molar-refractivity contribution < 1.29 is 9.60 Å². The van der Waals surface area contributed by atoms with Crippen LogP contribution in [-0.2, 0) is 0 Å². The fourth-order valence-corrected chi connectivity index (χ4v) is 8.15. The second-order valence-corrected chi connectivity index (χ2v) is 14.0. The van der Waals surface area contributed by atoms with Crippen LogP contribution in [0.5, 0.6) is 0 Å². The van der Waals surface area contributed by atoms with Crippen LogP contribution >= 0.6 is 0 Å². The molecule has 56 heavy (non-hydrogen) atoms. The average Bonchev–Trinajstić information content (AvgIpc) is 3.87. The van der Waals surface area contributed by atoms with Gasteiger partial charge in [0.1, 0.15) is 0 Å². The number of fused-ring (bicyclic) bond motifs is 6. The number of rotatable bonds is 6. The Morgan fingerprint density at radius 2 is 0.929 bits per heavy atom. The molecular formula is C54H36N2. The molecule has 0 spiro atoms. The molecule has 9 aromatic carbocycles. The van der Waals surface area contributed by atoms with E-state index in [9.17, 15) is 5.48 Å². The summed E-state index contributed by atoms with van der Waals surface area (Å²) in [5.41, 5.74) is 10.8. The van der Waals surface area contributed by atoms with E-state index in [2.05, 4.69) is 71.3 Å². The van der Waals surface area contributed by atoms with Crippen LogP contribution in [0.15, 0.2) is 218 Å². The minimum atomic E-state index is -0.423. The van der Waals surface area contributed by atoms with E-state index < -0.39 is 12.1 Å². The van der Waals surface area contributed by atoms with Crippen LogP contribution in [0.1, 0.15) is 9.60 Å². The van der Waals surface area contributed by atoms with Crippen LogP contribution < -0.4 is 0 Å². The van der Waals surface area contributed by atoms with Crippen LogP contribution in [0.3, 0.4) is 0 Å². The molecule has 0 N–H and O–H groups in total. The van der Waals surface area contributed by atoms with Gasteiger partial charge < -0.3 is 9.13 Å². The molecular weight excluding hydrogens is 677 g/mol. The van der Waals surface area contributed by atoms with Gasteiger partial charge in [0, 0.05) is 38.5 Å². The molecule has 2 heteroatoms. The van der Waals surface area contributed by atoms with E-state index in [1.807, 2.05) is 109 Å². The summed E-state index contributed by atoms with van der Waals surface area (Å²) in [6.07, 6.45) is 0. The molecule has 0 unspecified atom stereocenters. The number of hydrogen-bond donors (Lipinski definition) is 0. The Labute approximate surface area is 335 Å². The van der Waals surface area contributed by atoms with E-state index in [0.717, 1.165) is 60.9 Å². The minimum absolute atomic E-state index is 0.0793. The van der Waals surface area contributed by atoms with Crippen molar-refractivity contribution >= 4 is 43.6 Å². The van der Waals surface area contributed by atoms with Gasteiger partial charge >= 0.3 is 0 Å². The molecule has 0 fully saturated rings. The molecule has 2 aromatic heterocycles. The molecule has 0 bridgehead atoms. The van der Waals surface area contributed by atoms with Gasteiger partial charge in [-0.3, -0.25) is 0 Å². The highest BCUT2D eigenvalue weighted by atomic mass is 15.0. The minimum Gasteiger partial charge on any atom is -0.309 e. The SMILES string of the molecule is [2H]c1c([2H])c([2H])c2c(c1[2H])c1c([2H])c(-c3ccc4c(c3)c3cccc(-c5ccccc5)c3n4-c3cccc(-c4ccccc4)c3)c([2H])c([2H])c1n2-c1ccc(-c2ccccc2)cc1. The summed E-state index contributed by atoms with van der Waals surface area (Å²) in [5, 5.41) is 2.23. The maximum absolute atomic E-state index is 9.90. The van der Waals surface area contributed by atoms with Crippen molar-refractivity contribution in [3.8, 4) is 55.9 Å². The Kier molecular flexibility index (Phi) is 6.01.